The van der Waals surface area contributed by atoms with Crippen LogP contribution in [0.4, 0.5) is 0 Å². The van der Waals surface area contributed by atoms with E-state index in [0.717, 1.165) is 21.5 Å². The van der Waals surface area contributed by atoms with Crippen LogP contribution in [0.25, 0.3) is 0 Å². The third-order valence-corrected chi connectivity index (χ3v) is 5.51. The van der Waals surface area contributed by atoms with Gasteiger partial charge in [0.05, 0.1) is 4.83 Å². The highest BCUT2D eigenvalue weighted by Gasteiger charge is 2.18. The summed E-state index contributed by atoms with van der Waals surface area (Å²) in [6, 6.07) is 12.4. The topological polar surface area (TPSA) is 18.5 Å². The van der Waals surface area contributed by atoms with Crippen molar-refractivity contribution in [1.82, 2.24) is 0 Å². The molecule has 2 nitrogen and oxygen atoms in total. The van der Waals surface area contributed by atoms with Gasteiger partial charge in [0.2, 0.25) is 0 Å². The number of hydrogen-bond donors (Lipinski definition) is 0. The average molecular weight is 510 g/mol. The van der Waals surface area contributed by atoms with E-state index in [1.807, 2.05) is 12.1 Å². The van der Waals surface area contributed by atoms with Crippen LogP contribution in [0.15, 0.2) is 40.9 Å². The Morgan fingerprint density at radius 1 is 1.00 bits per heavy atom. The molecule has 1 aliphatic rings. The first-order chi connectivity index (χ1) is 9.65. The van der Waals surface area contributed by atoms with Gasteiger partial charge in [-0.25, -0.2) is 0 Å². The summed E-state index contributed by atoms with van der Waals surface area (Å²) in [4.78, 5) is 0.113. The first kappa shape index (κ1) is 14.7. The van der Waals surface area contributed by atoms with Gasteiger partial charge in [-0.2, -0.15) is 0 Å². The maximum absolute atomic E-state index is 5.65. The Hall–Kier alpha value is -0.270. The second kappa shape index (κ2) is 6.23. The van der Waals surface area contributed by atoms with Gasteiger partial charge in [-0.05, 0) is 64.0 Å². The lowest BCUT2D eigenvalue weighted by atomic mass is 10.0. The number of ether oxygens (including phenoxy) is 2. The molecule has 1 aliphatic heterocycles. The van der Waals surface area contributed by atoms with Crippen molar-refractivity contribution in [2.45, 2.75) is 4.83 Å². The Balaban J connectivity index is 1.97. The van der Waals surface area contributed by atoms with E-state index in [4.69, 9.17) is 9.47 Å². The number of fused-ring (bicyclic) bond motifs is 1. The molecule has 0 aliphatic carbocycles. The highest BCUT2D eigenvalue weighted by Crippen LogP contribution is 2.40. The van der Waals surface area contributed by atoms with Crippen molar-refractivity contribution >= 4 is 54.5 Å². The normalized spacial score (nSPS) is 14.9. The molecule has 0 aromatic heterocycles. The molecule has 0 fully saturated rings. The summed E-state index contributed by atoms with van der Waals surface area (Å²) in [5, 5.41) is 0. The second-order valence-corrected chi connectivity index (χ2v) is 7.45. The predicted octanol–water partition coefficient (Wildman–Crippen LogP) is 5.31. The minimum atomic E-state index is 0.113. The van der Waals surface area contributed by atoms with Gasteiger partial charge in [0, 0.05) is 8.04 Å². The molecular formula is C15H11Br2IO2. The van der Waals surface area contributed by atoms with E-state index in [9.17, 15) is 0 Å². The van der Waals surface area contributed by atoms with Crippen LogP contribution in [0.3, 0.4) is 0 Å². The van der Waals surface area contributed by atoms with Crippen molar-refractivity contribution in [3.05, 3.63) is 55.6 Å². The maximum Gasteiger partial charge on any atom is 0.161 e. The molecule has 104 valence electrons. The van der Waals surface area contributed by atoms with Crippen LogP contribution < -0.4 is 9.47 Å². The highest BCUT2D eigenvalue weighted by atomic mass is 127. The van der Waals surface area contributed by atoms with Gasteiger partial charge in [-0.15, -0.1) is 0 Å². The van der Waals surface area contributed by atoms with Crippen molar-refractivity contribution in [3.63, 3.8) is 0 Å². The quantitative estimate of drug-likeness (QED) is 0.403. The molecule has 1 atom stereocenters. The number of alkyl halides is 1. The number of rotatable bonds is 2. The molecule has 2 aromatic carbocycles. The Morgan fingerprint density at radius 3 is 2.55 bits per heavy atom. The SMILES string of the molecule is Brc1ccc(I)cc1C(Br)c1ccc2c(c1)OCCO2. The summed E-state index contributed by atoms with van der Waals surface area (Å²) in [6.45, 7) is 1.23. The lowest BCUT2D eigenvalue weighted by molar-refractivity contribution is 0.171. The summed E-state index contributed by atoms with van der Waals surface area (Å²) in [5.41, 5.74) is 2.35. The smallest absolute Gasteiger partial charge is 0.161 e. The van der Waals surface area contributed by atoms with Crippen LogP contribution in [-0.2, 0) is 0 Å². The first-order valence-electron chi connectivity index (χ1n) is 6.14. The summed E-state index contributed by atoms with van der Waals surface area (Å²) in [5.74, 6) is 1.64. The molecule has 3 rings (SSSR count). The van der Waals surface area contributed by atoms with Crippen LogP contribution in [-0.4, -0.2) is 13.2 Å². The molecule has 1 unspecified atom stereocenters. The molecule has 5 heteroatoms. The van der Waals surface area contributed by atoms with Crippen LogP contribution in [0, 0.1) is 3.57 Å². The summed E-state index contributed by atoms with van der Waals surface area (Å²) < 4.78 is 13.5. The predicted molar refractivity (Wildman–Crippen MR) is 95.1 cm³/mol. The van der Waals surface area contributed by atoms with E-state index in [2.05, 4.69) is 78.7 Å². The van der Waals surface area contributed by atoms with Crippen LogP contribution >= 0.6 is 54.5 Å². The third kappa shape index (κ3) is 2.99. The fraction of sp³-hybridized carbons (Fsp3) is 0.200. The minimum Gasteiger partial charge on any atom is -0.486 e. The minimum absolute atomic E-state index is 0.113. The molecule has 0 saturated heterocycles. The number of hydrogen-bond acceptors (Lipinski definition) is 2. The Labute approximate surface area is 148 Å². The molecule has 0 amide bonds. The fourth-order valence-electron chi connectivity index (χ4n) is 2.11. The van der Waals surface area contributed by atoms with E-state index in [-0.39, 0.29) is 4.83 Å². The Bertz CT molecular complexity index is 646. The van der Waals surface area contributed by atoms with E-state index >= 15 is 0 Å². The van der Waals surface area contributed by atoms with Gasteiger partial charge >= 0.3 is 0 Å². The largest absolute Gasteiger partial charge is 0.486 e. The van der Waals surface area contributed by atoms with E-state index in [1.54, 1.807) is 0 Å². The van der Waals surface area contributed by atoms with E-state index in [1.165, 1.54) is 9.13 Å². The summed E-state index contributed by atoms with van der Waals surface area (Å²) in [6.07, 6.45) is 0. The lowest BCUT2D eigenvalue weighted by Crippen LogP contribution is -2.15. The van der Waals surface area contributed by atoms with Crippen molar-refractivity contribution in [3.8, 4) is 11.5 Å². The molecule has 0 bridgehead atoms. The van der Waals surface area contributed by atoms with Gasteiger partial charge in [0.15, 0.2) is 11.5 Å². The molecule has 0 radical (unpaired) electrons. The van der Waals surface area contributed by atoms with E-state index in [0.29, 0.717) is 13.2 Å². The molecule has 1 heterocycles. The molecule has 2 aromatic rings. The highest BCUT2D eigenvalue weighted by molar-refractivity contribution is 14.1. The van der Waals surface area contributed by atoms with Gasteiger partial charge in [0.25, 0.3) is 0 Å². The monoisotopic (exact) mass is 508 g/mol. The van der Waals surface area contributed by atoms with Crippen molar-refractivity contribution in [1.29, 1.82) is 0 Å². The number of halogens is 3. The molecule has 20 heavy (non-hydrogen) atoms. The molecule has 0 N–H and O–H groups in total. The van der Waals surface area contributed by atoms with Gasteiger partial charge < -0.3 is 9.47 Å². The van der Waals surface area contributed by atoms with Crippen LogP contribution in [0.5, 0.6) is 11.5 Å². The number of benzene rings is 2. The Morgan fingerprint density at radius 2 is 1.75 bits per heavy atom. The zero-order valence-electron chi connectivity index (χ0n) is 10.4. The molecular weight excluding hydrogens is 499 g/mol. The zero-order chi connectivity index (χ0) is 14.1. The maximum atomic E-state index is 5.65. The zero-order valence-corrected chi connectivity index (χ0v) is 15.7. The average Bonchev–Trinajstić information content (AvgIpc) is 2.48. The van der Waals surface area contributed by atoms with E-state index < -0.39 is 0 Å². The van der Waals surface area contributed by atoms with Crippen LogP contribution in [0.1, 0.15) is 16.0 Å². The standard InChI is InChI=1S/C15H11Br2IO2/c16-12-3-2-10(18)8-11(12)15(17)9-1-4-13-14(7-9)20-6-5-19-13/h1-4,7-8,15H,5-6H2. The van der Waals surface area contributed by atoms with Crippen molar-refractivity contribution in [2.75, 3.05) is 13.2 Å². The fourth-order valence-corrected chi connectivity index (χ4v) is 4.07. The van der Waals surface area contributed by atoms with Crippen molar-refractivity contribution < 1.29 is 9.47 Å². The Kier molecular flexibility index (Phi) is 4.57. The third-order valence-electron chi connectivity index (χ3n) is 3.09. The molecule has 0 spiro atoms. The summed E-state index contributed by atoms with van der Waals surface area (Å²) >= 11 is 9.71. The molecule has 0 saturated carbocycles. The van der Waals surface area contributed by atoms with Gasteiger partial charge in [-0.3, -0.25) is 0 Å². The van der Waals surface area contributed by atoms with Crippen molar-refractivity contribution in [2.24, 2.45) is 0 Å². The van der Waals surface area contributed by atoms with Gasteiger partial charge in [0.1, 0.15) is 13.2 Å². The van der Waals surface area contributed by atoms with Gasteiger partial charge in [-0.1, -0.05) is 37.9 Å². The first-order valence-corrected chi connectivity index (χ1v) is 8.92. The second-order valence-electron chi connectivity index (χ2n) is 4.43. The lowest BCUT2D eigenvalue weighted by Gasteiger charge is -2.20. The van der Waals surface area contributed by atoms with Crippen LogP contribution in [0.2, 0.25) is 0 Å². The summed E-state index contributed by atoms with van der Waals surface area (Å²) in [7, 11) is 0.